The number of ether oxygens (including phenoxy) is 1. The smallest absolute Gasteiger partial charge is 0.248 e. The second kappa shape index (κ2) is 8.37. The van der Waals surface area contributed by atoms with E-state index in [0.29, 0.717) is 19.5 Å². The molecule has 0 spiro atoms. The number of amides is 2. The predicted molar refractivity (Wildman–Crippen MR) is 111 cm³/mol. The maximum atomic E-state index is 13.9. The molecule has 2 fully saturated rings. The molecule has 2 heterocycles. The molecule has 4 rings (SSSR count). The molecule has 0 aliphatic carbocycles. The summed E-state index contributed by atoms with van der Waals surface area (Å²) in [5.74, 6) is -0.858. The zero-order chi connectivity index (χ0) is 23.9. The summed E-state index contributed by atoms with van der Waals surface area (Å²) in [7, 11) is 0. The van der Waals surface area contributed by atoms with Gasteiger partial charge in [-0.25, -0.2) is 0 Å². The van der Waals surface area contributed by atoms with E-state index in [9.17, 15) is 9.59 Å². The zero-order valence-electron chi connectivity index (χ0n) is 20.5. The van der Waals surface area contributed by atoms with Crippen molar-refractivity contribution >= 4 is 11.8 Å². The molecule has 29 heavy (non-hydrogen) atoms. The monoisotopic (exact) mass is 396 g/mol. The summed E-state index contributed by atoms with van der Waals surface area (Å²) in [6.07, 6.45) is 0.327. The Balaban J connectivity index is 1.76. The summed E-state index contributed by atoms with van der Waals surface area (Å²) < 4.78 is 37.1. The number of nitrogens with zero attached hydrogens (tertiary/aromatic N) is 2. The molecule has 2 aromatic rings. The zero-order valence-corrected chi connectivity index (χ0v) is 16.5. The molecule has 0 aromatic heterocycles. The highest BCUT2D eigenvalue weighted by Gasteiger charge is 2.55. The van der Waals surface area contributed by atoms with Crippen molar-refractivity contribution in [3.05, 3.63) is 71.8 Å². The molecule has 0 N–H and O–H groups in total. The average Bonchev–Trinajstić information content (AvgIpc) is 3.10. The molecule has 0 radical (unpaired) electrons. The van der Waals surface area contributed by atoms with Gasteiger partial charge in [0.25, 0.3) is 0 Å². The van der Waals surface area contributed by atoms with Gasteiger partial charge in [-0.1, -0.05) is 60.7 Å². The van der Waals surface area contributed by atoms with Crippen molar-refractivity contribution in [3.63, 3.8) is 0 Å². The van der Waals surface area contributed by atoms with Crippen LogP contribution in [0.15, 0.2) is 60.7 Å². The summed E-state index contributed by atoms with van der Waals surface area (Å²) in [4.78, 5) is 29.1. The largest absolute Gasteiger partial charge is 0.370 e. The second-order valence-corrected chi connectivity index (χ2v) is 7.42. The van der Waals surface area contributed by atoms with Crippen LogP contribution in [0, 0.1) is 5.92 Å². The fraction of sp³-hybridized carbons (Fsp3) is 0.417. The summed E-state index contributed by atoms with van der Waals surface area (Å²) >= 11 is 0. The van der Waals surface area contributed by atoms with Crippen LogP contribution in [0.5, 0.6) is 0 Å². The van der Waals surface area contributed by atoms with Gasteiger partial charge in [-0.05, 0) is 24.5 Å². The van der Waals surface area contributed by atoms with Crippen LogP contribution in [0.4, 0.5) is 0 Å². The topological polar surface area (TPSA) is 49.9 Å². The first-order chi connectivity index (χ1) is 15.7. The molecule has 2 aliphatic heterocycles. The quantitative estimate of drug-likeness (QED) is 0.754. The molecule has 2 saturated heterocycles. The molecular formula is C24H28N2O3. The van der Waals surface area contributed by atoms with E-state index in [-0.39, 0.29) is 18.4 Å². The van der Waals surface area contributed by atoms with E-state index < -0.39 is 31.0 Å². The number of likely N-dealkylation sites (N-methyl/N-ethyl adjacent to an activating group) is 1. The summed E-state index contributed by atoms with van der Waals surface area (Å²) in [5.41, 5.74) is 0.738. The van der Waals surface area contributed by atoms with Crippen molar-refractivity contribution in [2.24, 2.45) is 5.92 Å². The van der Waals surface area contributed by atoms with E-state index in [1.807, 2.05) is 67.6 Å². The Kier molecular flexibility index (Phi) is 4.39. The van der Waals surface area contributed by atoms with E-state index in [0.717, 1.165) is 16.0 Å². The minimum Gasteiger partial charge on any atom is -0.370 e. The number of rotatable bonds is 6. The minimum atomic E-state index is -2.61. The lowest BCUT2D eigenvalue weighted by Gasteiger charge is -2.36. The maximum Gasteiger partial charge on any atom is 0.248 e. The van der Waals surface area contributed by atoms with Crippen LogP contribution in [-0.4, -0.2) is 60.9 Å². The highest BCUT2D eigenvalue weighted by atomic mass is 16.5. The lowest BCUT2D eigenvalue weighted by molar-refractivity contribution is -0.142. The van der Waals surface area contributed by atoms with Gasteiger partial charge in [-0.15, -0.1) is 0 Å². The first kappa shape index (κ1) is 15.2. The fourth-order valence-electron chi connectivity index (χ4n) is 4.57. The van der Waals surface area contributed by atoms with Gasteiger partial charge < -0.3 is 14.5 Å². The molecular weight excluding hydrogens is 364 g/mol. The van der Waals surface area contributed by atoms with Crippen molar-refractivity contribution in [1.29, 1.82) is 0 Å². The van der Waals surface area contributed by atoms with Gasteiger partial charge in [0, 0.05) is 32.0 Å². The Hall–Kier alpha value is -2.66. The molecule has 2 amide bonds. The van der Waals surface area contributed by atoms with Crippen molar-refractivity contribution < 1.29 is 19.8 Å². The summed E-state index contributed by atoms with van der Waals surface area (Å²) in [6, 6.07) is 19.2. The number of carbonyl (C=O) groups excluding carboxylic acids is 2. The van der Waals surface area contributed by atoms with E-state index in [1.165, 1.54) is 0 Å². The Morgan fingerprint density at radius 1 is 1.03 bits per heavy atom. The van der Waals surface area contributed by atoms with Crippen molar-refractivity contribution in [1.82, 2.24) is 9.80 Å². The van der Waals surface area contributed by atoms with E-state index in [4.69, 9.17) is 10.2 Å². The van der Waals surface area contributed by atoms with Crippen LogP contribution in [0.25, 0.3) is 0 Å². The lowest BCUT2D eigenvalue weighted by atomic mass is 9.66. The molecule has 5 nitrogen and oxygen atoms in total. The maximum absolute atomic E-state index is 13.9. The Morgan fingerprint density at radius 3 is 2.24 bits per heavy atom. The SMILES string of the molecule is [2H]C1([2H])OCC(=O)N(CCC2CN(CC)C(=O)C2(c2ccccc2)c2ccccc2)C1([2H])[2H]. The molecule has 1 atom stereocenters. The Morgan fingerprint density at radius 2 is 1.66 bits per heavy atom. The van der Waals surface area contributed by atoms with Crippen LogP contribution in [0.1, 0.15) is 30.0 Å². The van der Waals surface area contributed by atoms with Gasteiger partial charge in [-0.2, -0.15) is 0 Å². The number of morpholine rings is 1. The van der Waals surface area contributed by atoms with E-state index in [1.54, 1.807) is 4.90 Å². The van der Waals surface area contributed by atoms with Gasteiger partial charge in [0.2, 0.25) is 11.8 Å². The molecule has 5 heteroatoms. The summed E-state index contributed by atoms with van der Waals surface area (Å²) in [5, 5.41) is 0. The Bertz CT molecular complexity index is 977. The normalized spacial score (nSPS) is 27.1. The van der Waals surface area contributed by atoms with Crippen LogP contribution in [-0.2, 0) is 19.7 Å². The van der Waals surface area contributed by atoms with Crippen molar-refractivity contribution in [2.75, 3.05) is 39.3 Å². The highest BCUT2D eigenvalue weighted by Crippen LogP contribution is 2.47. The standard InChI is InChI=1S/C24H28N2O3/c1-2-25-17-21(13-14-26-15-16-29-18-22(26)27)24(23(25)28,19-9-5-3-6-10-19)20-11-7-4-8-12-20/h3-12,21H,2,13-18H2,1H3/i15D2,16D2. The van der Waals surface area contributed by atoms with Crippen LogP contribution >= 0.6 is 0 Å². The number of hydrogen-bond donors (Lipinski definition) is 0. The van der Waals surface area contributed by atoms with Crippen molar-refractivity contribution in [2.45, 2.75) is 18.8 Å². The van der Waals surface area contributed by atoms with Crippen LogP contribution in [0.3, 0.4) is 0 Å². The minimum absolute atomic E-state index is 0.0148. The number of likely N-dealkylation sites (tertiary alicyclic amines) is 1. The second-order valence-electron chi connectivity index (χ2n) is 7.42. The number of hydrogen-bond acceptors (Lipinski definition) is 3. The lowest BCUT2D eigenvalue weighted by Crippen LogP contribution is -2.45. The van der Waals surface area contributed by atoms with Gasteiger partial charge in [0.05, 0.1) is 12.0 Å². The fourth-order valence-corrected chi connectivity index (χ4v) is 4.57. The first-order valence-electron chi connectivity index (χ1n) is 12.0. The highest BCUT2D eigenvalue weighted by molar-refractivity contribution is 5.94. The molecule has 2 aromatic carbocycles. The van der Waals surface area contributed by atoms with Gasteiger partial charge in [0.1, 0.15) is 12.0 Å². The first-order valence-corrected chi connectivity index (χ1v) is 10.0. The van der Waals surface area contributed by atoms with Crippen molar-refractivity contribution in [3.8, 4) is 0 Å². The predicted octanol–water partition coefficient (Wildman–Crippen LogP) is 2.70. The average molecular weight is 397 g/mol. The molecule has 2 aliphatic rings. The molecule has 0 bridgehead atoms. The van der Waals surface area contributed by atoms with Crippen LogP contribution < -0.4 is 0 Å². The third-order valence-electron chi connectivity index (χ3n) is 5.97. The molecule has 1 unspecified atom stereocenters. The van der Waals surface area contributed by atoms with Crippen LogP contribution in [0.2, 0.25) is 0 Å². The number of carbonyl (C=O) groups is 2. The Labute approximate surface area is 177 Å². The third kappa shape index (κ3) is 3.44. The van der Waals surface area contributed by atoms with E-state index in [2.05, 4.69) is 0 Å². The van der Waals surface area contributed by atoms with Gasteiger partial charge >= 0.3 is 0 Å². The number of benzene rings is 2. The van der Waals surface area contributed by atoms with Gasteiger partial charge in [-0.3, -0.25) is 9.59 Å². The third-order valence-corrected chi connectivity index (χ3v) is 5.97. The summed E-state index contributed by atoms with van der Waals surface area (Å²) in [6.45, 7) is -2.83. The van der Waals surface area contributed by atoms with Gasteiger partial charge in [0.15, 0.2) is 0 Å². The molecule has 0 saturated carbocycles. The molecule has 152 valence electrons. The van der Waals surface area contributed by atoms with E-state index >= 15 is 0 Å².